The lowest BCUT2D eigenvalue weighted by Gasteiger charge is -2.20. The van der Waals surface area contributed by atoms with E-state index in [1.807, 2.05) is 12.1 Å². The summed E-state index contributed by atoms with van der Waals surface area (Å²) in [5.41, 5.74) is 2.42. The normalized spacial score (nSPS) is 17.3. The Labute approximate surface area is 224 Å². The van der Waals surface area contributed by atoms with Gasteiger partial charge < -0.3 is 20.3 Å². The van der Waals surface area contributed by atoms with Crippen LogP contribution >= 0.6 is 11.8 Å². The van der Waals surface area contributed by atoms with Crippen LogP contribution in [-0.2, 0) is 11.2 Å². The van der Waals surface area contributed by atoms with Gasteiger partial charge in [0.1, 0.15) is 23.9 Å². The van der Waals surface area contributed by atoms with Gasteiger partial charge in [0, 0.05) is 29.6 Å². The first-order valence-corrected chi connectivity index (χ1v) is 13.7. The quantitative estimate of drug-likeness (QED) is 0.306. The van der Waals surface area contributed by atoms with E-state index in [0.717, 1.165) is 54.0 Å². The molecule has 5 rings (SSSR count). The van der Waals surface area contributed by atoms with Crippen LogP contribution in [0.1, 0.15) is 24.8 Å². The van der Waals surface area contributed by atoms with Gasteiger partial charge >= 0.3 is 6.01 Å². The summed E-state index contributed by atoms with van der Waals surface area (Å²) < 4.78 is 34.5. The first-order chi connectivity index (χ1) is 18.4. The topological polar surface area (TPSA) is 92.3 Å². The number of carbonyl (C=O) groups is 1. The van der Waals surface area contributed by atoms with E-state index in [0.29, 0.717) is 23.5 Å². The number of hydrogen-bond donors (Lipinski definition) is 2. The first kappa shape index (κ1) is 26.3. The Morgan fingerprint density at radius 2 is 2.13 bits per heavy atom. The van der Waals surface area contributed by atoms with Crippen LogP contribution in [0.4, 0.5) is 14.6 Å². The van der Waals surface area contributed by atoms with E-state index in [-0.39, 0.29) is 30.8 Å². The van der Waals surface area contributed by atoms with Gasteiger partial charge in [0.2, 0.25) is 0 Å². The van der Waals surface area contributed by atoms with Crippen LogP contribution in [0.2, 0.25) is 0 Å². The number of likely N-dealkylation sites (N-methyl/N-ethyl adjacent to an activating group) is 1. The number of hydrogen-bond acceptors (Lipinski definition) is 8. The maximum atomic E-state index is 15.5. The van der Waals surface area contributed by atoms with Crippen molar-refractivity contribution in [1.29, 1.82) is 0 Å². The van der Waals surface area contributed by atoms with E-state index >= 15 is 4.39 Å². The lowest BCUT2D eigenvalue weighted by molar-refractivity contribution is -0.118. The summed E-state index contributed by atoms with van der Waals surface area (Å²) in [5, 5.41) is 5.87. The molecule has 2 aliphatic heterocycles. The minimum Gasteiger partial charge on any atom is -0.462 e. The Morgan fingerprint density at radius 1 is 1.26 bits per heavy atom. The highest BCUT2D eigenvalue weighted by molar-refractivity contribution is 7.99. The van der Waals surface area contributed by atoms with Crippen molar-refractivity contribution in [3.8, 4) is 17.3 Å². The molecule has 2 aromatic heterocycles. The molecule has 0 bridgehead atoms. The van der Waals surface area contributed by atoms with Crippen molar-refractivity contribution in [3.63, 3.8) is 0 Å². The SMILES string of the molecule is C=C(F)C(=O)NCCNc1nc(OC[C@@H]2CCCN2C)nc2nc(-c3cccc4c3CCCS4)c(F)cc12. The summed E-state index contributed by atoms with van der Waals surface area (Å²) in [4.78, 5) is 28.5. The number of ether oxygens (including phenoxy) is 1. The summed E-state index contributed by atoms with van der Waals surface area (Å²) in [7, 11) is 2.06. The minimum atomic E-state index is -1.06. The van der Waals surface area contributed by atoms with Gasteiger partial charge in [-0.1, -0.05) is 18.7 Å². The number of nitrogens with one attached hydrogen (secondary N) is 2. The van der Waals surface area contributed by atoms with Crippen molar-refractivity contribution in [2.24, 2.45) is 0 Å². The van der Waals surface area contributed by atoms with Crippen LogP contribution in [0, 0.1) is 5.82 Å². The van der Waals surface area contributed by atoms with Crippen molar-refractivity contribution in [3.05, 3.63) is 48.1 Å². The number of halogens is 2. The molecule has 2 N–H and O–H groups in total. The third kappa shape index (κ3) is 5.73. The number of fused-ring (bicyclic) bond motifs is 2. The highest BCUT2D eigenvalue weighted by Gasteiger charge is 2.23. The fourth-order valence-electron chi connectivity index (χ4n) is 4.82. The van der Waals surface area contributed by atoms with Crippen LogP contribution in [0.25, 0.3) is 22.3 Å². The first-order valence-electron chi connectivity index (χ1n) is 12.7. The largest absolute Gasteiger partial charge is 0.462 e. The highest BCUT2D eigenvalue weighted by atomic mass is 32.2. The van der Waals surface area contributed by atoms with Crippen LogP contribution in [0.15, 0.2) is 41.6 Å². The van der Waals surface area contributed by atoms with E-state index < -0.39 is 17.6 Å². The number of thioether (sulfide) groups is 1. The van der Waals surface area contributed by atoms with E-state index in [4.69, 9.17) is 4.74 Å². The van der Waals surface area contributed by atoms with Gasteiger partial charge in [-0.15, -0.1) is 11.8 Å². The van der Waals surface area contributed by atoms with Crippen LogP contribution in [0.3, 0.4) is 0 Å². The molecule has 0 spiro atoms. The molecule has 11 heteroatoms. The van der Waals surface area contributed by atoms with Gasteiger partial charge in [0.15, 0.2) is 11.5 Å². The standard InChI is InChI=1S/C27H30F2N6O2S/c1-16(28)26(36)31-11-10-30-24-20-14-21(29)23(19-7-3-9-22-18(19)8-5-13-38-22)32-25(20)34-27(33-24)37-15-17-6-4-12-35(17)2/h3,7,9,14,17H,1,4-6,8,10-13,15H2,2H3,(H,31,36)(H,30,32,33,34)/t17-/m0/s1. The molecule has 38 heavy (non-hydrogen) atoms. The summed E-state index contributed by atoms with van der Waals surface area (Å²) >= 11 is 1.78. The minimum absolute atomic E-state index is 0.109. The zero-order valence-corrected chi connectivity index (χ0v) is 22.0. The molecular weight excluding hydrogens is 510 g/mol. The summed E-state index contributed by atoms with van der Waals surface area (Å²) in [6.45, 7) is 4.74. The lowest BCUT2D eigenvalue weighted by Crippen LogP contribution is -2.31. The fourth-order valence-corrected chi connectivity index (χ4v) is 5.89. The third-order valence-corrected chi connectivity index (χ3v) is 8.05. The second-order valence-corrected chi connectivity index (χ2v) is 10.6. The summed E-state index contributed by atoms with van der Waals surface area (Å²) in [6.07, 6.45) is 4.03. The van der Waals surface area contributed by atoms with Gasteiger partial charge in [-0.05, 0) is 62.7 Å². The summed E-state index contributed by atoms with van der Waals surface area (Å²) in [6, 6.07) is 7.67. The Bertz CT molecular complexity index is 1370. The number of anilines is 1. The van der Waals surface area contributed by atoms with Crippen LogP contribution in [0.5, 0.6) is 6.01 Å². The molecule has 1 atom stereocenters. The van der Waals surface area contributed by atoms with Gasteiger partial charge in [-0.2, -0.15) is 9.97 Å². The molecule has 8 nitrogen and oxygen atoms in total. The van der Waals surface area contributed by atoms with Crippen molar-refractivity contribution in [2.75, 3.05) is 44.4 Å². The number of benzene rings is 1. The van der Waals surface area contributed by atoms with Gasteiger partial charge in [0.05, 0.1) is 5.39 Å². The molecule has 1 saturated heterocycles. The van der Waals surface area contributed by atoms with Crippen molar-refractivity contribution in [1.82, 2.24) is 25.2 Å². The van der Waals surface area contributed by atoms with Gasteiger partial charge in [-0.25, -0.2) is 13.8 Å². The van der Waals surface area contributed by atoms with E-state index in [9.17, 15) is 9.18 Å². The zero-order chi connectivity index (χ0) is 26.6. The van der Waals surface area contributed by atoms with Crippen LogP contribution in [-0.4, -0.2) is 70.8 Å². The second kappa shape index (κ2) is 11.6. The maximum Gasteiger partial charge on any atom is 0.320 e. The molecule has 0 radical (unpaired) electrons. The highest BCUT2D eigenvalue weighted by Crippen LogP contribution is 2.38. The second-order valence-electron chi connectivity index (χ2n) is 9.45. The number of carbonyl (C=O) groups excluding carboxylic acids is 1. The lowest BCUT2D eigenvalue weighted by atomic mass is 9.99. The molecule has 200 valence electrons. The third-order valence-electron chi connectivity index (χ3n) is 6.86. The van der Waals surface area contributed by atoms with Crippen LogP contribution < -0.4 is 15.4 Å². The molecule has 1 fully saturated rings. The number of likely N-dealkylation sites (tertiary alicyclic amines) is 1. The molecule has 0 aliphatic carbocycles. The van der Waals surface area contributed by atoms with E-state index in [2.05, 4.69) is 50.2 Å². The van der Waals surface area contributed by atoms with Crippen molar-refractivity contribution in [2.45, 2.75) is 36.6 Å². The Kier molecular flexibility index (Phi) is 8.04. The average molecular weight is 541 g/mol. The molecule has 2 aliphatic rings. The zero-order valence-electron chi connectivity index (χ0n) is 21.2. The molecule has 4 heterocycles. The van der Waals surface area contributed by atoms with Gasteiger partial charge in [-0.3, -0.25) is 4.79 Å². The fraction of sp³-hybridized carbons (Fsp3) is 0.407. The predicted octanol–water partition coefficient (Wildman–Crippen LogP) is 4.35. The Hall–Kier alpha value is -3.31. The molecule has 1 aromatic carbocycles. The van der Waals surface area contributed by atoms with Crippen molar-refractivity contribution >= 4 is 34.5 Å². The molecular formula is C27H30F2N6O2S. The number of aromatic nitrogens is 3. The smallest absolute Gasteiger partial charge is 0.320 e. The van der Waals surface area contributed by atoms with Crippen molar-refractivity contribution < 1.29 is 18.3 Å². The number of pyridine rings is 1. The predicted molar refractivity (Wildman–Crippen MR) is 145 cm³/mol. The Morgan fingerprint density at radius 3 is 2.92 bits per heavy atom. The molecule has 0 unspecified atom stereocenters. The summed E-state index contributed by atoms with van der Waals surface area (Å²) in [5.74, 6) is -1.06. The molecule has 1 amide bonds. The van der Waals surface area contributed by atoms with E-state index in [1.165, 1.54) is 6.07 Å². The molecule has 0 saturated carbocycles. The average Bonchev–Trinajstić information content (AvgIpc) is 3.33. The Balaban J connectivity index is 1.47. The molecule has 3 aromatic rings. The van der Waals surface area contributed by atoms with E-state index in [1.54, 1.807) is 11.8 Å². The maximum absolute atomic E-state index is 15.5. The monoisotopic (exact) mass is 540 g/mol. The van der Waals surface area contributed by atoms with Gasteiger partial charge in [0.25, 0.3) is 5.91 Å². The number of amides is 1. The number of rotatable bonds is 9. The number of nitrogens with zero attached hydrogens (tertiary/aromatic N) is 4.